The minimum atomic E-state index is -1.15. The minimum Gasteiger partial charge on any atom is -0.493 e. The summed E-state index contributed by atoms with van der Waals surface area (Å²) in [5, 5.41) is 5.81. The number of methoxy groups -OCH3 is 1. The zero-order valence-corrected chi connectivity index (χ0v) is 25.5. The molecule has 0 aliphatic carbocycles. The van der Waals surface area contributed by atoms with E-state index in [0.29, 0.717) is 60.9 Å². The lowest BCUT2D eigenvalue weighted by molar-refractivity contribution is -0.141. The number of piperidine rings is 1. The first-order valence-corrected chi connectivity index (χ1v) is 15.2. The number of nitrogens with one attached hydrogen (secondary N) is 2. The molecule has 0 atom stereocenters. The van der Waals surface area contributed by atoms with Gasteiger partial charge in [-0.05, 0) is 72.3 Å². The Balaban J connectivity index is 1.27. The van der Waals surface area contributed by atoms with Crippen molar-refractivity contribution in [3.63, 3.8) is 0 Å². The molecule has 1 spiro atoms. The molecule has 11 heteroatoms. The van der Waals surface area contributed by atoms with Crippen molar-refractivity contribution in [3.8, 4) is 28.7 Å². The van der Waals surface area contributed by atoms with Crippen LogP contribution in [-0.2, 0) is 17.9 Å². The van der Waals surface area contributed by atoms with Crippen molar-refractivity contribution in [2.45, 2.75) is 31.5 Å². The Kier molecular flexibility index (Phi) is 9.30. The van der Waals surface area contributed by atoms with Crippen molar-refractivity contribution < 1.29 is 32.9 Å². The van der Waals surface area contributed by atoms with E-state index in [1.165, 1.54) is 25.3 Å². The number of fused-ring (bicyclic) bond motifs is 8. The van der Waals surface area contributed by atoms with E-state index in [-0.39, 0.29) is 43.0 Å². The molecule has 1 fully saturated rings. The molecular formula is C35H35FN4O6. The van der Waals surface area contributed by atoms with Crippen LogP contribution in [0.2, 0.25) is 0 Å². The normalized spacial score (nSPS) is 17.0. The number of carbonyl (C=O) groups is 2. The molecule has 3 aromatic carbocycles. The van der Waals surface area contributed by atoms with Crippen molar-refractivity contribution in [1.29, 1.82) is 0 Å². The molecule has 3 aliphatic heterocycles. The van der Waals surface area contributed by atoms with E-state index in [2.05, 4.69) is 20.5 Å². The molecule has 3 aliphatic rings. The van der Waals surface area contributed by atoms with Crippen LogP contribution in [0.15, 0.2) is 85.1 Å². The van der Waals surface area contributed by atoms with Gasteiger partial charge in [-0.25, -0.2) is 4.39 Å². The number of hydrogen-bond acceptors (Lipinski definition) is 8. The average Bonchev–Trinajstić information content (AvgIpc) is 3.07. The molecule has 2 N–H and O–H groups in total. The van der Waals surface area contributed by atoms with Crippen LogP contribution in [0.1, 0.15) is 34.5 Å². The van der Waals surface area contributed by atoms with Crippen LogP contribution < -0.4 is 29.6 Å². The van der Waals surface area contributed by atoms with Gasteiger partial charge < -0.3 is 29.6 Å². The summed E-state index contributed by atoms with van der Waals surface area (Å²) in [7, 11) is 1.48. The number of nitrogens with zero attached hydrogens (tertiary/aromatic N) is 2. The van der Waals surface area contributed by atoms with Gasteiger partial charge in [0.25, 0.3) is 11.8 Å². The fourth-order valence-corrected chi connectivity index (χ4v) is 5.58. The maximum Gasteiger partial charge on any atom is 0.264 e. The quantitative estimate of drug-likeness (QED) is 0.332. The maximum atomic E-state index is 14.8. The molecule has 0 saturated carbocycles. The lowest BCUT2D eigenvalue weighted by Crippen LogP contribution is -2.57. The molecule has 4 heterocycles. The summed E-state index contributed by atoms with van der Waals surface area (Å²) in [4.78, 5) is 33.4. The summed E-state index contributed by atoms with van der Waals surface area (Å²) < 4.78 is 38.5. The molecule has 6 bridgehead atoms. The molecule has 0 unspecified atom stereocenters. The third kappa shape index (κ3) is 7.37. The van der Waals surface area contributed by atoms with Gasteiger partial charge in [-0.1, -0.05) is 6.07 Å². The van der Waals surface area contributed by atoms with Gasteiger partial charge in [-0.3, -0.25) is 19.5 Å². The lowest BCUT2D eigenvalue weighted by atomic mass is 9.89. The van der Waals surface area contributed by atoms with Crippen LogP contribution in [-0.4, -0.2) is 60.7 Å². The first kappa shape index (κ1) is 30.8. The molecule has 4 aromatic rings. The summed E-state index contributed by atoms with van der Waals surface area (Å²) in [5.74, 6) is 0.755. The fraction of sp³-hybridized carbons (Fsp3) is 0.286. The number of halogens is 1. The van der Waals surface area contributed by atoms with Crippen molar-refractivity contribution in [2.24, 2.45) is 0 Å². The van der Waals surface area contributed by atoms with Gasteiger partial charge in [0.2, 0.25) is 0 Å². The average molecular weight is 627 g/mol. The number of hydrogen-bond donors (Lipinski definition) is 2. The Morgan fingerprint density at radius 2 is 1.74 bits per heavy atom. The predicted molar refractivity (Wildman–Crippen MR) is 168 cm³/mol. The van der Waals surface area contributed by atoms with Gasteiger partial charge in [0.05, 0.1) is 19.3 Å². The number of likely N-dealkylation sites (tertiary alicyclic amines) is 1. The first-order chi connectivity index (χ1) is 22.4. The smallest absolute Gasteiger partial charge is 0.264 e. The van der Waals surface area contributed by atoms with Crippen LogP contribution in [0, 0.1) is 5.82 Å². The largest absolute Gasteiger partial charge is 0.493 e. The molecular weight excluding hydrogens is 591 g/mol. The van der Waals surface area contributed by atoms with Gasteiger partial charge >= 0.3 is 0 Å². The fourth-order valence-electron chi connectivity index (χ4n) is 5.58. The Bertz CT molecular complexity index is 1680. The van der Waals surface area contributed by atoms with E-state index in [1.54, 1.807) is 48.7 Å². The molecule has 0 radical (unpaired) electrons. The minimum absolute atomic E-state index is 0.0437. The number of aromatic nitrogens is 1. The van der Waals surface area contributed by atoms with E-state index in [0.717, 1.165) is 5.69 Å². The highest BCUT2D eigenvalue weighted by Crippen LogP contribution is 2.34. The van der Waals surface area contributed by atoms with E-state index < -0.39 is 11.4 Å². The van der Waals surface area contributed by atoms with Gasteiger partial charge in [-0.15, -0.1) is 0 Å². The third-order valence-corrected chi connectivity index (χ3v) is 8.02. The second-order valence-corrected chi connectivity index (χ2v) is 11.2. The number of carbonyl (C=O) groups excluding carboxylic acids is 2. The Hall–Kier alpha value is -5.16. The van der Waals surface area contributed by atoms with Crippen LogP contribution in [0.5, 0.6) is 28.7 Å². The Morgan fingerprint density at radius 1 is 0.935 bits per heavy atom. The summed E-state index contributed by atoms with van der Waals surface area (Å²) in [6.45, 7) is 2.44. The van der Waals surface area contributed by atoms with Crippen LogP contribution >= 0.6 is 0 Å². The number of rotatable bonds is 3. The zero-order valence-electron chi connectivity index (χ0n) is 25.5. The van der Waals surface area contributed by atoms with Crippen LogP contribution in [0.3, 0.4) is 0 Å². The van der Waals surface area contributed by atoms with E-state index in [9.17, 15) is 14.0 Å². The van der Waals surface area contributed by atoms with Crippen LogP contribution in [0.25, 0.3) is 0 Å². The molecule has 1 aromatic heterocycles. The second kappa shape index (κ2) is 13.9. The van der Waals surface area contributed by atoms with Crippen LogP contribution in [0.4, 0.5) is 4.39 Å². The van der Waals surface area contributed by atoms with Crippen molar-refractivity contribution in [2.75, 3.05) is 33.4 Å². The summed E-state index contributed by atoms with van der Waals surface area (Å²) in [5.41, 5.74) is 0.640. The molecule has 7 rings (SSSR count). The highest BCUT2D eigenvalue weighted by atomic mass is 19.1. The van der Waals surface area contributed by atoms with Crippen molar-refractivity contribution >= 4 is 11.8 Å². The molecule has 46 heavy (non-hydrogen) atoms. The third-order valence-electron chi connectivity index (χ3n) is 8.02. The van der Waals surface area contributed by atoms with Gasteiger partial charge in [0, 0.05) is 56.8 Å². The molecule has 238 valence electrons. The standard InChI is InChI=1S/C35H35FN4O6/c1-43-31-10-5-25-20-32(31)45-30-19-24(18-26(36)21-30)22-39-34(42)35(11-15-40(16-12-35)23-27-4-2-3-13-37-27)46-29-8-6-28(7-9-29)44-17-14-38-33(25)41/h2-10,13,18-21H,11-12,14-17,22-23H2,1H3,(H,38,41)(H,39,42). The number of benzene rings is 3. The summed E-state index contributed by atoms with van der Waals surface area (Å²) >= 11 is 0. The van der Waals surface area contributed by atoms with Gasteiger partial charge in [0.1, 0.15) is 29.7 Å². The Morgan fingerprint density at radius 3 is 2.50 bits per heavy atom. The maximum absolute atomic E-state index is 14.8. The molecule has 2 amide bonds. The number of pyridine rings is 1. The highest BCUT2D eigenvalue weighted by Gasteiger charge is 2.44. The summed E-state index contributed by atoms with van der Waals surface area (Å²) in [6, 6.07) is 21.9. The first-order valence-electron chi connectivity index (χ1n) is 15.2. The zero-order chi connectivity index (χ0) is 31.9. The highest BCUT2D eigenvalue weighted by molar-refractivity contribution is 5.95. The van der Waals surface area contributed by atoms with E-state index >= 15 is 0 Å². The van der Waals surface area contributed by atoms with Crippen molar-refractivity contribution in [1.82, 2.24) is 20.5 Å². The SMILES string of the molecule is COc1ccc2cc1Oc1cc(F)cc(c1)CNC(=O)C1(CCN(Cc3ccccn3)CC1)Oc1ccc(cc1)OCCNC2=O. The van der Waals surface area contributed by atoms with E-state index in [4.69, 9.17) is 18.9 Å². The van der Waals surface area contributed by atoms with Crippen molar-refractivity contribution in [3.05, 3.63) is 108 Å². The second-order valence-electron chi connectivity index (χ2n) is 11.2. The topological polar surface area (TPSA) is 111 Å². The number of ether oxygens (including phenoxy) is 4. The number of amides is 2. The van der Waals surface area contributed by atoms with E-state index in [1.807, 2.05) is 18.2 Å². The molecule has 1 saturated heterocycles. The predicted octanol–water partition coefficient (Wildman–Crippen LogP) is 4.87. The lowest BCUT2D eigenvalue weighted by Gasteiger charge is -2.40. The van der Waals surface area contributed by atoms with Gasteiger partial charge in [0.15, 0.2) is 17.1 Å². The summed E-state index contributed by atoms with van der Waals surface area (Å²) in [6.07, 6.45) is 2.65. The Labute approximate surface area is 266 Å². The monoisotopic (exact) mass is 626 g/mol. The molecule has 10 nitrogen and oxygen atoms in total. The van der Waals surface area contributed by atoms with Gasteiger partial charge in [-0.2, -0.15) is 0 Å².